The molecule has 0 heterocycles. The van der Waals surface area contributed by atoms with Crippen LogP contribution in [0.15, 0.2) is 24.3 Å². The minimum Gasteiger partial charge on any atom is -0.494 e. The molecule has 1 aromatic rings. The largest absolute Gasteiger partial charge is 0.494 e. The highest BCUT2D eigenvalue weighted by Crippen LogP contribution is 2.41. The van der Waals surface area contributed by atoms with Crippen molar-refractivity contribution in [3.05, 3.63) is 24.3 Å². The van der Waals surface area contributed by atoms with E-state index in [1.807, 2.05) is 6.92 Å². The predicted molar refractivity (Wildman–Crippen MR) is 81.1 cm³/mol. The average molecular weight is 262 g/mol. The van der Waals surface area contributed by atoms with Crippen LogP contribution in [0.3, 0.4) is 0 Å². The Labute approximate surface area is 116 Å². The second-order valence-electron chi connectivity index (χ2n) is 5.67. The molecule has 0 bridgehead atoms. The van der Waals surface area contributed by atoms with Crippen molar-refractivity contribution in [3.8, 4) is 5.75 Å². The summed E-state index contributed by atoms with van der Waals surface area (Å²) in [5, 5.41) is 3.35. The molecule has 0 atom stereocenters. The Morgan fingerprint density at radius 2 is 1.95 bits per heavy atom. The van der Waals surface area contributed by atoms with E-state index in [0.717, 1.165) is 25.4 Å². The van der Waals surface area contributed by atoms with Gasteiger partial charge in [-0.1, -0.05) is 6.42 Å². The van der Waals surface area contributed by atoms with Crippen molar-refractivity contribution >= 4 is 5.69 Å². The van der Waals surface area contributed by atoms with Crippen LogP contribution >= 0.6 is 0 Å². The van der Waals surface area contributed by atoms with Crippen molar-refractivity contribution in [3.63, 3.8) is 0 Å². The molecule has 1 aliphatic rings. The van der Waals surface area contributed by atoms with Crippen molar-refractivity contribution in [2.45, 2.75) is 26.2 Å². The second kappa shape index (κ2) is 6.29. The number of nitrogens with zero attached hydrogens (tertiary/aromatic N) is 1. The van der Waals surface area contributed by atoms with Crippen LogP contribution in [0.25, 0.3) is 0 Å². The highest BCUT2D eigenvalue weighted by atomic mass is 16.5. The van der Waals surface area contributed by atoms with Gasteiger partial charge in [-0.05, 0) is 51.1 Å². The second-order valence-corrected chi connectivity index (χ2v) is 5.67. The molecule has 106 valence electrons. The van der Waals surface area contributed by atoms with E-state index >= 15 is 0 Å². The molecule has 0 radical (unpaired) electrons. The van der Waals surface area contributed by atoms with E-state index < -0.39 is 0 Å². The van der Waals surface area contributed by atoms with Gasteiger partial charge in [-0.3, -0.25) is 0 Å². The van der Waals surface area contributed by atoms with Crippen LogP contribution in [0.5, 0.6) is 5.75 Å². The lowest BCUT2D eigenvalue weighted by atomic mass is 9.68. The first kappa shape index (κ1) is 14.2. The molecule has 0 aliphatic heterocycles. The van der Waals surface area contributed by atoms with Crippen LogP contribution in [-0.4, -0.2) is 33.8 Å². The van der Waals surface area contributed by atoms with Crippen LogP contribution in [0, 0.1) is 5.41 Å². The highest BCUT2D eigenvalue weighted by Gasteiger charge is 2.37. The topological polar surface area (TPSA) is 24.5 Å². The summed E-state index contributed by atoms with van der Waals surface area (Å²) in [5.74, 6) is 0.952. The number of benzene rings is 1. The van der Waals surface area contributed by atoms with E-state index in [0.29, 0.717) is 5.41 Å². The number of anilines is 1. The van der Waals surface area contributed by atoms with Crippen molar-refractivity contribution in [1.29, 1.82) is 0 Å². The number of hydrogen-bond donors (Lipinski definition) is 1. The van der Waals surface area contributed by atoms with Crippen LogP contribution in [-0.2, 0) is 0 Å². The van der Waals surface area contributed by atoms with E-state index in [-0.39, 0.29) is 0 Å². The number of nitrogens with one attached hydrogen (secondary N) is 1. The SMILES string of the molecule is CCOc1ccc(N(C)CC2(CNC)CCC2)cc1. The normalized spacial score (nSPS) is 16.8. The molecule has 1 N–H and O–H groups in total. The zero-order chi connectivity index (χ0) is 13.7. The minimum atomic E-state index is 0.474. The van der Waals surface area contributed by atoms with Crippen LogP contribution in [0.2, 0.25) is 0 Å². The molecule has 0 saturated heterocycles. The summed E-state index contributed by atoms with van der Waals surface area (Å²) in [7, 11) is 4.24. The van der Waals surface area contributed by atoms with E-state index in [1.165, 1.54) is 24.9 Å². The maximum atomic E-state index is 5.48. The molecule has 19 heavy (non-hydrogen) atoms. The average Bonchev–Trinajstić information content (AvgIpc) is 2.37. The fourth-order valence-corrected chi connectivity index (χ4v) is 3.00. The van der Waals surface area contributed by atoms with Gasteiger partial charge < -0.3 is 15.0 Å². The summed E-state index contributed by atoms with van der Waals surface area (Å²) in [6.07, 6.45) is 4.06. The van der Waals surface area contributed by atoms with E-state index in [4.69, 9.17) is 4.74 Å². The molecule has 1 aliphatic carbocycles. The Hall–Kier alpha value is -1.22. The van der Waals surface area contributed by atoms with Crippen molar-refractivity contribution in [1.82, 2.24) is 5.32 Å². The van der Waals surface area contributed by atoms with Gasteiger partial charge in [-0.2, -0.15) is 0 Å². The van der Waals surface area contributed by atoms with Crippen molar-refractivity contribution < 1.29 is 4.74 Å². The first-order valence-corrected chi connectivity index (χ1v) is 7.28. The predicted octanol–water partition coefficient (Wildman–Crippen LogP) is 2.91. The smallest absolute Gasteiger partial charge is 0.119 e. The third-order valence-electron chi connectivity index (χ3n) is 4.13. The number of hydrogen-bond acceptors (Lipinski definition) is 3. The Kier molecular flexibility index (Phi) is 4.70. The molecular weight excluding hydrogens is 236 g/mol. The molecule has 3 nitrogen and oxygen atoms in total. The summed E-state index contributed by atoms with van der Waals surface area (Å²) in [6, 6.07) is 8.41. The number of ether oxygens (including phenoxy) is 1. The number of rotatable bonds is 7. The quantitative estimate of drug-likeness (QED) is 0.817. The molecule has 2 rings (SSSR count). The highest BCUT2D eigenvalue weighted by molar-refractivity contribution is 5.48. The molecule has 0 amide bonds. The monoisotopic (exact) mass is 262 g/mol. The Bertz CT molecular complexity index is 384. The molecule has 1 saturated carbocycles. The van der Waals surface area contributed by atoms with Crippen LogP contribution < -0.4 is 15.0 Å². The summed E-state index contributed by atoms with van der Waals surface area (Å²) in [4.78, 5) is 2.37. The van der Waals surface area contributed by atoms with Gasteiger partial charge in [0.25, 0.3) is 0 Å². The lowest BCUT2D eigenvalue weighted by Crippen LogP contribution is -2.47. The summed E-state index contributed by atoms with van der Waals surface area (Å²) in [6.45, 7) is 4.98. The van der Waals surface area contributed by atoms with Gasteiger partial charge in [-0.15, -0.1) is 0 Å². The van der Waals surface area contributed by atoms with Crippen molar-refractivity contribution in [2.24, 2.45) is 5.41 Å². The van der Waals surface area contributed by atoms with Gasteiger partial charge in [-0.25, -0.2) is 0 Å². The minimum absolute atomic E-state index is 0.474. The van der Waals surface area contributed by atoms with Crippen LogP contribution in [0.1, 0.15) is 26.2 Å². The first-order chi connectivity index (χ1) is 9.19. The van der Waals surface area contributed by atoms with E-state index in [9.17, 15) is 0 Å². The zero-order valence-electron chi connectivity index (χ0n) is 12.4. The van der Waals surface area contributed by atoms with Crippen molar-refractivity contribution in [2.75, 3.05) is 38.7 Å². The molecule has 3 heteroatoms. The Morgan fingerprint density at radius 1 is 1.26 bits per heavy atom. The van der Waals surface area contributed by atoms with Gasteiger partial charge >= 0.3 is 0 Å². The molecule has 0 aromatic heterocycles. The lowest BCUT2D eigenvalue weighted by Gasteiger charge is -2.45. The maximum Gasteiger partial charge on any atom is 0.119 e. The van der Waals surface area contributed by atoms with Gasteiger partial charge in [0, 0.05) is 31.2 Å². The first-order valence-electron chi connectivity index (χ1n) is 7.28. The molecule has 0 spiro atoms. The Morgan fingerprint density at radius 3 is 2.42 bits per heavy atom. The third-order valence-corrected chi connectivity index (χ3v) is 4.13. The maximum absolute atomic E-state index is 5.48. The molecule has 1 aromatic carbocycles. The molecule has 1 fully saturated rings. The van der Waals surface area contributed by atoms with E-state index in [1.54, 1.807) is 0 Å². The summed E-state index contributed by atoms with van der Waals surface area (Å²) >= 11 is 0. The summed E-state index contributed by atoms with van der Waals surface area (Å²) in [5.41, 5.74) is 1.74. The lowest BCUT2D eigenvalue weighted by molar-refractivity contribution is 0.143. The van der Waals surface area contributed by atoms with Crippen LogP contribution in [0.4, 0.5) is 5.69 Å². The van der Waals surface area contributed by atoms with Gasteiger partial charge in [0.05, 0.1) is 6.61 Å². The molecule has 0 unspecified atom stereocenters. The standard InChI is InChI=1S/C16H26N2O/c1-4-19-15-8-6-14(7-9-15)18(3)13-16(12-17-2)10-5-11-16/h6-9,17H,4-5,10-13H2,1-3H3. The van der Waals surface area contributed by atoms with Gasteiger partial charge in [0.1, 0.15) is 5.75 Å². The summed E-state index contributed by atoms with van der Waals surface area (Å²) < 4.78 is 5.48. The fourth-order valence-electron chi connectivity index (χ4n) is 3.00. The third kappa shape index (κ3) is 3.41. The Balaban J connectivity index is 1.96. The van der Waals surface area contributed by atoms with Gasteiger partial charge in [0.2, 0.25) is 0 Å². The van der Waals surface area contributed by atoms with Gasteiger partial charge in [0.15, 0.2) is 0 Å². The fraction of sp³-hybridized carbons (Fsp3) is 0.625. The zero-order valence-corrected chi connectivity index (χ0v) is 12.4. The van der Waals surface area contributed by atoms with E-state index in [2.05, 4.69) is 48.6 Å². The molecular formula is C16H26N2O.